The van der Waals surface area contributed by atoms with Crippen LogP contribution in [-0.4, -0.2) is 10.1 Å². The first-order valence-corrected chi connectivity index (χ1v) is 5.11. The van der Waals surface area contributed by atoms with Crippen molar-refractivity contribution in [3.05, 3.63) is 58.6 Å². The standard InChI is InChI=1S/C12H9ClFNO/c13-10-6-8(12(16)7-11(10)14)5-9-3-1-2-4-15-9/h1-4,6-7,16H,5H2. The summed E-state index contributed by atoms with van der Waals surface area (Å²) in [5.74, 6) is -0.725. The average Bonchev–Trinajstić information content (AvgIpc) is 2.27. The largest absolute Gasteiger partial charge is 0.508 e. The van der Waals surface area contributed by atoms with Gasteiger partial charge in [0.2, 0.25) is 0 Å². The maximum atomic E-state index is 13.0. The third-order valence-electron chi connectivity index (χ3n) is 2.22. The quantitative estimate of drug-likeness (QED) is 0.870. The van der Waals surface area contributed by atoms with Gasteiger partial charge in [0, 0.05) is 29.9 Å². The van der Waals surface area contributed by atoms with Crippen LogP contribution in [0.1, 0.15) is 11.3 Å². The van der Waals surface area contributed by atoms with Crippen LogP contribution in [0.3, 0.4) is 0 Å². The summed E-state index contributed by atoms with van der Waals surface area (Å²) in [6.45, 7) is 0. The van der Waals surface area contributed by atoms with Crippen molar-refractivity contribution in [3.63, 3.8) is 0 Å². The number of hydrogen-bond donors (Lipinski definition) is 1. The summed E-state index contributed by atoms with van der Waals surface area (Å²) >= 11 is 5.65. The number of benzene rings is 1. The van der Waals surface area contributed by atoms with Crippen LogP contribution in [-0.2, 0) is 6.42 Å². The van der Waals surface area contributed by atoms with Crippen molar-refractivity contribution >= 4 is 11.6 Å². The molecule has 1 N–H and O–H groups in total. The predicted molar refractivity (Wildman–Crippen MR) is 60.1 cm³/mol. The Hall–Kier alpha value is -1.61. The first kappa shape index (κ1) is 10.9. The van der Waals surface area contributed by atoms with Gasteiger partial charge in [0.1, 0.15) is 11.6 Å². The Morgan fingerprint density at radius 2 is 2.12 bits per heavy atom. The summed E-state index contributed by atoms with van der Waals surface area (Å²) in [6, 6.07) is 7.92. The van der Waals surface area contributed by atoms with Crippen LogP contribution in [0, 0.1) is 5.82 Å². The van der Waals surface area contributed by atoms with Gasteiger partial charge < -0.3 is 5.11 Å². The second-order valence-electron chi connectivity index (χ2n) is 3.39. The highest BCUT2D eigenvalue weighted by Crippen LogP contribution is 2.26. The number of hydrogen-bond acceptors (Lipinski definition) is 2. The summed E-state index contributed by atoms with van der Waals surface area (Å²) in [7, 11) is 0. The molecule has 0 bridgehead atoms. The highest BCUT2D eigenvalue weighted by Gasteiger charge is 2.08. The van der Waals surface area contributed by atoms with Gasteiger partial charge in [-0.1, -0.05) is 17.7 Å². The molecule has 0 aliphatic heterocycles. The Morgan fingerprint density at radius 3 is 2.81 bits per heavy atom. The molecule has 0 unspecified atom stereocenters. The lowest BCUT2D eigenvalue weighted by Gasteiger charge is -2.05. The third kappa shape index (κ3) is 2.31. The molecule has 0 saturated heterocycles. The zero-order valence-electron chi connectivity index (χ0n) is 8.32. The molecule has 4 heteroatoms. The number of pyridine rings is 1. The molecule has 1 aromatic heterocycles. The monoisotopic (exact) mass is 237 g/mol. The lowest BCUT2D eigenvalue weighted by atomic mass is 10.1. The normalized spacial score (nSPS) is 10.4. The number of aromatic hydroxyl groups is 1. The van der Waals surface area contributed by atoms with Gasteiger partial charge in [-0.3, -0.25) is 4.98 Å². The number of halogens is 2. The van der Waals surface area contributed by atoms with Gasteiger partial charge in [0.15, 0.2) is 0 Å². The summed E-state index contributed by atoms with van der Waals surface area (Å²) in [6.07, 6.45) is 2.09. The molecule has 2 nitrogen and oxygen atoms in total. The van der Waals surface area contributed by atoms with Crippen LogP contribution in [0.25, 0.3) is 0 Å². The second-order valence-corrected chi connectivity index (χ2v) is 3.80. The molecular weight excluding hydrogens is 229 g/mol. The van der Waals surface area contributed by atoms with Crippen molar-refractivity contribution in [2.24, 2.45) is 0 Å². The molecule has 1 aromatic carbocycles. The summed E-state index contributed by atoms with van der Waals surface area (Å²) < 4.78 is 13.0. The fraction of sp³-hybridized carbons (Fsp3) is 0.0833. The molecule has 0 saturated carbocycles. The molecule has 82 valence electrons. The van der Waals surface area contributed by atoms with Crippen LogP contribution >= 0.6 is 11.6 Å². The molecule has 0 aliphatic rings. The zero-order chi connectivity index (χ0) is 11.5. The Bertz CT molecular complexity index is 502. The Morgan fingerprint density at radius 1 is 1.31 bits per heavy atom. The molecule has 16 heavy (non-hydrogen) atoms. The van der Waals surface area contributed by atoms with Gasteiger partial charge in [-0.05, 0) is 18.2 Å². The molecule has 1 heterocycles. The van der Waals surface area contributed by atoms with Crippen molar-refractivity contribution in [1.29, 1.82) is 0 Å². The Kier molecular flexibility index (Phi) is 3.06. The summed E-state index contributed by atoms with van der Waals surface area (Å²) in [5.41, 5.74) is 1.35. The molecule has 0 spiro atoms. The molecular formula is C12H9ClFNO. The van der Waals surface area contributed by atoms with E-state index in [1.165, 1.54) is 6.07 Å². The molecule has 0 amide bonds. The maximum Gasteiger partial charge on any atom is 0.145 e. The first-order chi connectivity index (χ1) is 7.66. The fourth-order valence-electron chi connectivity index (χ4n) is 1.42. The van der Waals surface area contributed by atoms with E-state index in [1.54, 1.807) is 12.3 Å². The van der Waals surface area contributed by atoms with Crippen molar-refractivity contribution in [1.82, 2.24) is 4.98 Å². The average molecular weight is 238 g/mol. The van der Waals surface area contributed by atoms with Crippen LogP contribution in [0.5, 0.6) is 5.75 Å². The third-order valence-corrected chi connectivity index (χ3v) is 2.51. The number of nitrogens with zero attached hydrogens (tertiary/aromatic N) is 1. The fourth-order valence-corrected chi connectivity index (χ4v) is 1.60. The van der Waals surface area contributed by atoms with Crippen molar-refractivity contribution in [3.8, 4) is 5.75 Å². The van der Waals surface area contributed by atoms with E-state index in [4.69, 9.17) is 11.6 Å². The van der Waals surface area contributed by atoms with E-state index in [0.29, 0.717) is 12.0 Å². The molecule has 2 aromatic rings. The summed E-state index contributed by atoms with van der Waals surface area (Å²) in [4.78, 5) is 4.12. The van der Waals surface area contributed by atoms with Crippen LogP contribution in [0.2, 0.25) is 5.02 Å². The Labute approximate surface area is 97.3 Å². The predicted octanol–water partition coefficient (Wildman–Crippen LogP) is 3.17. The van der Waals surface area contributed by atoms with Gasteiger partial charge in [-0.2, -0.15) is 0 Å². The van der Waals surface area contributed by atoms with Crippen LogP contribution < -0.4 is 0 Å². The lowest BCUT2D eigenvalue weighted by molar-refractivity contribution is 0.463. The lowest BCUT2D eigenvalue weighted by Crippen LogP contribution is -1.93. The minimum Gasteiger partial charge on any atom is -0.508 e. The highest BCUT2D eigenvalue weighted by molar-refractivity contribution is 6.30. The minimum absolute atomic E-state index is 0.00345. The summed E-state index contributed by atoms with van der Waals surface area (Å²) in [5, 5.41) is 9.55. The van der Waals surface area contributed by atoms with Crippen LogP contribution in [0.15, 0.2) is 36.5 Å². The first-order valence-electron chi connectivity index (χ1n) is 4.73. The zero-order valence-corrected chi connectivity index (χ0v) is 9.08. The van der Waals surface area contributed by atoms with Crippen molar-refractivity contribution in [2.45, 2.75) is 6.42 Å². The maximum absolute atomic E-state index is 13.0. The van der Waals surface area contributed by atoms with E-state index < -0.39 is 5.82 Å². The number of phenols is 1. The SMILES string of the molecule is Oc1cc(F)c(Cl)cc1Cc1ccccn1. The van der Waals surface area contributed by atoms with Gasteiger partial charge in [-0.15, -0.1) is 0 Å². The molecule has 0 radical (unpaired) electrons. The number of phenolic OH excluding ortho intramolecular Hbond substituents is 1. The van der Waals surface area contributed by atoms with Gasteiger partial charge >= 0.3 is 0 Å². The molecule has 0 fully saturated rings. The van der Waals surface area contributed by atoms with E-state index in [1.807, 2.05) is 12.1 Å². The van der Waals surface area contributed by atoms with E-state index in [0.717, 1.165) is 11.8 Å². The van der Waals surface area contributed by atoms with E-state index in [9.17, 15) is 9.50 Å². The Balaban J connectivity index is 2.32. The van der Waals surface area contributed by atoms with Crippen molar-refractivity contribution < 1.29 is 9.50 Å². The second kappa shape index (κ2) is 4.49. The minimum atomic E-state index is -0.621. The molecule has 2 rings (SSSR count). The van der Waals surface area contributed by atoms with E-state index in [2.05, 4.69) is 4.98 Å². The highest BCUT2D eigenvalue weighted by atomic mass is 35.5. The molecule has 0 aliphatic carbocycles. The molecule has 0 atom stereocenters. The van der Waals surface area contributed by atoms with Crippen LogP contribution in [0.4, 0.5) is 4.39 Å². The number of rotatable bonds is 2. The smallest absolute Gasteiger partial charge is 0.145 e. The number of aromatic nitrogens is 1. The van der Waals surface area contributed by atoms with Gasteiger partial charge in [0.25, 0.3) is 0 Å². The topological polar surface area (TPSA) is 33.1 Å². The van der Waals surface area contributed by atoms with Crippen molar-refractivity contribution in [2.75, 3.05) is 0 Å². The van der Waals surface area contributed by atoms with E-state index >= 15 is 0 Å². The van der Waals surface area contributed by atoms with E-state index in [-0.39, 0.29) is 10.8 Å². The van der Waals surface area contributed by atoms with Gasteiger partial charge in [0.05, 0.1) is 5.02 Å². The van der Waals surface area contributed by atoms with Gasteiger partial charge in [-0.25, -0.2) is 4.39 Å².